The first-order valence-electron chi connectivity index (χ1n) is 7.18. The van der Waals surface area contributed by atoms with Crippen molar-refractivity contribution in [2.24, 2.45) is 0 Å². The fourth-order valence-electron chi connectivity index (χ4n) is 2.10. The van der Waals surface area contributed by atoms with E-state index in [4.69, 9.17) is 14.2 Å². The van der Waals surface area contributed by atoms with Crippen molar-refractivity contribution in [3.63, 3.8) is 0 Å². The molecule has 0 spiro atoms. The summed E-state index contributed by atoms with van der Waals surface area (Å²) < 4.78 is 16.0. The monoisotopic (exact) mass is 316 g/mol. The number of anilines is 1. The number of aromatic nitrogens is 1. The van der Waals surface area contributed by atoms with Crippen LogP contribution in [0.4, 0.5) is 5.69 Å². The largest absolute Gasteiger partial charge is 0.486 e. The van der Waals surface area contributed by atoms with Gasteiger partial charge in [0, 0.05) is 18.0 Å². The predicted molar refractivity (Wildman–Crippen MR) is 81.7 cm³/mol. The maximum Gasteiger partial charge on any atom is 0.355 e. The highest BCUT2D eigenvalue weighted by molar-refractivity contribution is 5.97. The summed E-state index contributed by atoms with van der Waals surface area (Å²) >= 11 is 0. The topological polar surface area (TPSA) is 89.7 Å². The second-order valence-corrected chi connectivity index (χ2v) is 4.98. The van der Waals surface area contributed by atoms with Crippen LogP contribution in [-0.4, -0.2) is 36.2 Å². The molecular weight excluding hydrogens is 300 g/mol. The number of nitrogens with one attached hydrogen (secondary N) is 2. The average Bonchev–Trinajstić information content (AvgIpc) is 3.09. The van der Waals surface area contributed by atoms with Crippen LogP contribution in [0.5, 0.6) is 11.5 Å². The maximum absolute atomic E-state index is 12.1. The molecule has 0 fully saturated rings. The van der Waals surface area contributed by atoms with Crippen LogP contribution in [0.1, 0.15) is 17.4 Å². The van der Waals surface area contributed by atoms with Crippen molar-refractivity contribution in [1.29, 1.82) is 0 Å². The van der Waals surface area contributed by atoms with Gasteiger partial charge in [-0.1, -0.05) is 0 Å². The lowest BCUT2D eigenvalue weighted by molar-refractivity contribution is -0.123. The van der Waals surface area contributed by atoms with Gasteiger partial charge < -0.3 is 24.5 Å². The summed E-state index contributed by atoms with van der Waals surface area (Å²) in [5, 5.41) is 2.68. The molecule has 7 nitrogen and oxygen atoms in total. The van der Waals surface area contributed by atoms with Gasteiger partial charge in [-0.2, -0.15) is 0 Å². The fourth-order valence-corrected chi connectivity index (χ4v) is 2.10. The number of H-pyrrole nitrogens is 1. The van der Waals surface area contributed by atoms with E-state index in [0.717, 1.165) is 0 Å². The molecular formula is C16H16N2O5. The van der Waals surface area contributed by atoms with Crippen molar-refractivity contribution in [3.8, 4) is 11.5 Å². The van der Waals surface area contributed by atoms with Crippen LogP contribution >= 0.6 is 0 Å². The summed E-state index contributed by atoms with van der Waals surface area (Å²) in [6, 6.07) is 8.35. The second kappa shape index (κ2) is 6.43. The summed E-state index contributed by atoms with van der Waals surface area (Å²) in [5.41, 5.74) is 0.839. The number of fused-ring (bicyclic) bond motifs is 1. The van der Waals surface area contributed by atoms with E-state index in [1.807, 2.05) is 0 Å². The van der Waals surface area contributed by atoms with Crippen LogP contribution in [0, 0.1) is 0 Å². The number of amides is 1. The van der Waals surface area contributed by atoms with Gasteiger partial charge in [0.1, 0.15) is 18.9 Å². The molecule has 3 rings (SSSR count). The van der Waals surface area contributed by atoms with Gasteiger partial charge in [-0.05, 0) is 31.2 Å². The first kappa shape index (κ1) is 15.0. The van der Waals surface area contributed by atoms with Crippen molar-refractivity contribution < 1.29 is 23.8 Å². The van der Waals surface area contributed by atoms with E-state index in [-0.39, 0.29) is 0 Å². The van der Waals surface area contributed by atoms with Gasteiger partial charge in [0.2, 0.25) is 0 Å². The lowest BCUT2D eigenvalue weighted by atomic mass is 10.2. The first-order chi connectivity index (χ1) is 11.1. The van der Waals surface area contributed by atoms with E-state index < -0.39 is 18.0 Å². The van der Waals surface area contributed by atoms with Gasteiger partial charge in [-0.25, -0.2) is 4.79 Å². The zero-order chi connectivity index (χ0) is 16.2. The molecule has 1 aliphatic rings. The number of hydrogen-bond donors (Lipinski definition) is 2. The molecule has 23 heavy (non-hydrogen) atoms. The molecule has 1 aromatic carbocycles. The molecule has 0 saturated heterocycles. The predicted octanol–water partition coefficient (Wildman–Crippen LogP) is 1.97. The Bertz CT molecular complexity index is 711. The molecule has 2 aromatic rings. The van der Waals surface area contributed by atoms with Crippen molar-refractivity contribution >= 4 is 17.6 Å². The number of carbonyl (C=O) groups excluding carboxylic acids is 2. The average molecular weight is 316 g/mol. The van der Waals surface area contributed by atoms with Crippen LogP contribution in [-0.2, 0) is 9.53 Å². The Morgan fingerprint density at radius 2 is 2.00 bits per heavy atom. The SMILES string of the molecule is C[C@@H](OC(=O)c1ccc[nH]1)C(=O)Nc1ccc2c(c1)OCCO2. The minimum absolute atomic E-state index is 0.295. The van der Waals surface area contributed by atoms with Crippen LogP contribution < -0.4 is 14.8 Å². The molecule has 2 heterocycles. The summed E-state index contributed by atoms with van der Waals surface area (Å²) in [6.45, 7) is 2.48. The van der Waals surface area contributed by atoms with Gasteiger partial charge in [0.25, 0.3) is 5.91 Å². The highest BCUT2D eigenvalue weighted by Gasteiger charge is 2.20. The Balaban J connectivity index is 1.61. The molecule has 0 radical (unpaired) electrons. The van der Waals surface area contributed by atoms with Gasteiger partial charge >= 0.3 is 5.97 Å². The van der Waals surface area contributed by atoms with Gasteiger partial charge in [-0.3, -0.25) is 4.79 Å². The molecule has 0 unspecified atom stereocenters. The van der Waals surface area contributed by atoms with E-state index >= 15 is 0 Å². The summed E-state index contributed by atoms with van der Waals surface area (Å²) in [6.07, 6.45) is 0.676. The summed E-state index contributed by atoms with van der Waals surface area (Å²) in [4.78, 5) is 26.6. The highest BCUT2D eigenvalue weighted by atomic mass is 16.6. The molecule has 1 atom stereocenters. The molecule has 0 saturated carbocycles. The van der Waals surface area contributed by atoms with E-state index in [2.05, 4.69) is 10.3 Å². The molecule has 1 aromatic heterocycles. The number of ether oxygens (including phenoxy) is 3. The standard InChI is InChI=1S/C16H16N2O5/c1-10(23-16(20)12-3-2-6-17-12)15(19)18-11-4-5-13-14(9-11)22-8-7-21-13/h2-6,9-10,17H,7-8H2,1H3,(H,18,19)/t10-/m1/s1. The minimum Gasteiger partial charge on any atom is -0.486 e. The third-order valence-electron chi connectivity index (χ3n) is 3.28. The molecule has 1 amide bonds. The number of rotatable bonds is 4. The van der Waals surface area contributed by atoms with Gasteiger partial charge in [0.15, 0.2) is 17.6 Å². The van der Waals surface area contributed by atoms with Gasteiger partial charge in [0.05, 0.1) is 0 Å². The first-order valence-corrected chi connectivity index (χ1v) is 7.18. The van der Waals surface area contributed by atoms with E-state index in [1.54, 1.807) is 36.5 Å². The maximum atomic E-state index is 12.1. The molecule has 1 aliphatic heterocycles. The quantitative estimate of drug-likeness (QED) is 0.842. The Morgan fingerprint density at radius 1 is 1.22 bits per heavy atom. The number of carbonyl (C=O) groups is 2. The van der Waals surface area contributed by atoms with E-state index in [1.165, 1.54) is 6.92 Å². The lowest BCUT2D eigenvalue weighted by Gasteiger charge is -2.19. The lowest BCUT2D eigenvalue weighted by Crippen LogP contribution is -2.30. The second-order valence-electron chi connectivity index (χ2n) is 4.98. The fraction of sp³-hybridized carbons (Fsp3) is 0.250. The molecule has 2 N–H and O–H groups in total. The van der Waals surface area contributed by atoms with Gasteiger partial charge in [-0.15, -0.1) is 0 Å². The van der Waals surface area contributed by atoms with Crippen LogP contribution in [0.3, 0.4) is 0 Å². The minimum atomic E-state index is -0.931. The Hall–Kier alpha value is -2.96. The molecule has 0 aliphatic carbocycles. The molecule has 0 bridgehead atoms. The van der Waals surface area contributed by atoms with Crippen LogP contribution in [0.25, 0.3) is 0 Å². The molecule has 7 heteroatoms. The zero-order valence-corrected chi connectivity index (χ0v) is 12.5. The van der Waals surface area contributed by atoms with Crippen molar-refractivity contribution in [2.45, 2.75) is 13.0 Å². The number of esters is 1. The number of aromatic amines is 1. The van der Waals surface area contributed by atoms with Crippen molar-refractivity contribution in [3.05, 3.63) is 42.2 Å². The smallest absolute Gasteiger partial charge is 0.355 e. The third kappa shape index (κ3) is 3.45. The van der Waals surface area contributed by atoms with Crippen molar-refractivity contribution in [1.82, 2.24) is 4.98 Å². The normalized spacial score (nSPS) is 14.0. The Morgan fingerprint density at radius 3 is 2.74 bits per heavy atom. The molecule has 120 valence electrons. The third-order valence-corrected chi connectivity index (χ3v) is 3.28. The van der Waals surface area contributed by atoms with E-state index in [9.17, 15) is 9.59 Å². The zero-order valence-electron chi connectivity index (χ0n) is 12.5. The Labute approximate surface area is 132 Å². The Kier molecular flexibility index (Phi) is 4.18. The van der Waals surface area contributed by atoms with Crippen LogP contribution in [0.15, 0.2) is 36.5 Å². The summed E-state index contributed by atoms with van der Waals surface area (Å²) in [5.74, 6) is 0.201. The summed E-state index contributed by atoms with van der Waals surface area (Å²) in [7, 11) is 0. The van der Waals surface area contributed by atoms with E-state index in [0.29, 0.717) is 36.1 Å². The number of hydrogen-bond acceptors (Lipinski definition) is 5. The van der Waals surface area contributed by atoms with Crippen LogP contribution in [0.2, 0.25) is 0 Å². The van der Waals surface area contributed by atoms with Crippen molar-refractivity contribution in [2.75, 3.05) is 18.5 Å². The number of benzene rings is 1. The highest BCUT2D eigenvalue weighted by Crippen LogP contribution is 2.32.